The summed E-state index contributed by atoms with van der Waals surface area (Å²) in [7, 11) is 0. The highest BCUT2D eigenvalue weighted by Gasteiger charge is 2.34. The van der Waals surface area contributed by atoms with E-state index in [2.05, 4.69) is 11.1 Å². The van der Waals surface area contributed by atoms with Crippen LogP contribution in [0.3, 0.4) is 0 Å². The van der Waals surface area contributed by atoms with Crippen LogP contribution in [0.2, 0.25) is 0 Å². The highest BCUT2D eigenvalue weighted by Crippen LogP contribution is 2.32. The second kappa shape index (κ2) is 3.98. The summed E-state index contributed by atoms with van der Waals surface area (Å²) in [6, 6.07) is 3.99. The number of carbonyl (C=O) groups excluding carboxylic acids is 1. The quantitative estimate of drug-likeness (QED) is 0.823. The summed E-state index contributed by atoms with van der Waals surface area (Å²) >= 11 is 0. The molecule has 86 valence electrons. The molecule has 0 amide bonds. The molecule has 1 aromatic rings. The number of ketones is 1. The van der Waals surface area contributed by atoms with Gasteiger partial charge in [-0.1, -0.05) is 6.07 Å². The molecule has 0 fully saturated rings. The van der Waals surface area contributed by atoms with Gasteiger partial charge in [0.25, 0.3) is 0 Å². The van der Waals surface area contributed by atoms with Crippen LogP contribution in [0, 0.1) is 0 Å². The Balaban J connectivity index is 2.36. The number of rotatable bonds is 2. The Morgan fingerprint density at radius 1 is 1.56 bits per heavy atom. The van der Waals surface area contributed by atoms with Gasteiger partial charge < -0.3 is 5.73 Å². The van der Waals surface area contributed by atoms with Gasteiger partial charge in [0.15, 0.2) is 5.78 Å². The molecule has 0 aromatic carbocycles. The molecular weight excluding hydrogens is 200 g/mol. The van der Waals surface area contributed by atoms with Gasteiger partial charge in [0, 0.05) is 6.20 Å². The molecule has 3 heteroatoms. The maximum atomic E-state index is 12.2. The summed E-state index contributed by atoms with van der Waals surface area (Å²) in [6.07, 6.45) is 4.71. The fraction of sp³-hybridized carbons (Fsp3) is 0.538. The van der Waals surface area contributed by atoms with E-state index < -0.39 is 5.54 Å². The zero-order valence-electron chi connectivity index (χ0n) is 9.86. The van der Waals surface area contributed by atoms with E-state index in [0.29, 0.717) is 0 Å². The van der Waals surface area contributed by atoms with Gasteiger partial charge in [-0.05, 0) is 44.7 Å². The lowest BCUT2D eigenvalue weighted by atomic mass is 9.79. The minimum atomic E-state index is -0.767. The number of aromatic nitrogens is 1. The van der Waals surface area contributed by atoms with Crippen LogP contribution in [-0.2, 0) is 11.2 Å². The Bertz CT molecular complexity index is 407. The molecule has 0 spiro atoms. The van der Waals surface area contributed by atoms with E-state index in [1.54, 1.807) is 20.0 Å². The normalized spacial score (nSPS) is 20.3. The van der Waals surface area contributed by atoms with E-state index in [1.165, 1.54) is 5.56 Å². The van der Waals surface area contributed by atoms with Gasteiger partial charge in [0.1, 0.15) is 0 Å². The van der Waals surface area contributed by atoms with Crippen molar-refractivity contribution >= 4 is 5.78 Å². The van der Waals surface area contributed by atoms with Gasteiger partial charge in [-0.25, -0.2) is 0 Å². The lowest BCUT2D eigenvalue weighted by Crippen LogP contribution is -2.45. The van der Waals surface area contributed by atoms with Crippen molar-refractivity contribution in [1.29, 1.82) is 0 Å². The van der Waals surface area contributed by atoms with Crippen molar-refractivity contribution in [3.8, 4) is 0 Å². The Morgan fingerprint density at radius 2 is 2.31 bits per heavy atom. The van der Waals surface area contributed by atoms with E-state index in [9.17, 15) is 4.79 Å². The highest BCUT2D eigenvalue weighted by atomic mass is 16.1. The van der Waals surface area contributed by atoms with Gasteiger partial charge in [0.05, 0.1) is 17.2 Å². The zero-order chi connectivity index (χ0) is 11.8. The molecule has 0 radical (unpaired) electrons. The number of nitrogens with zero attached hydrogens (tertiary/aromatic N) is 1. The smallest absolute Gasteiger partial charge is 0.161 e. The zero-order valence-corrected chi connectivity index (χ0v) is 9.86. The highest BCUT2D eigenvalue weighted by molar-refractivity contribution is 5.93. The maximum absolute atomic E-state index is 12.2. The van der Waals surface area contributed by atoms with Crippen LogP contribution in [-0.4, -0.2) is 16.3 Å². The molecule has 1 aliphatic rings. The molecule has 2 N–H and O–H groups in total. The third-order valence-corrected chi connectivity index (χ3v) is 3.15. The first-order valence-corrected chi connectivity index (χ1v) is 5.77. The SMILES string of the molecule is CC(C)(N)C(=O)C1CCCc2cccnc21. The number of nitrogens with two attached hydrogens (primary N) is 1. The Morgan fingerprint density at radius 3 is 3.00 bits per heavy atom. The van der Waals surface area contributed by atoms with Crippen LogP contribution in [0.15, 0.2) is 18.3 Å². The summed E-state index contributed by atoms with van der Waals surface area (Å²) in [5.74, 6) is -0.00269. The molecular formula is C13H18N2O. The molecule has 16 heavy (non-hydrogen) atoms. The van der Waals surface area contributed by atoms with E-state index in [0.717, 1.165) is 25.0 Å². The van der Waals surface area contributed by atoms with E-state index >= 15 is 0 Å². The monoisotopic (exact) mass is 218 g/mol. The largest absolute Gasteiger partial charge is 0.319 e. The van der Waals surface area contributed by atoms with Crippen LogP contribution < -0.4 is 5.73 Å². The lowest BCUT2D eigenvalue weighted by Gasteiger charge is -2.28. The van der Waals surface area contributed by atoms with Gasteiger partial charge in [-0.15, -0.1) is 0 Å². The van der Waals surface area contributed by atoms with Gasteiger partial charge in [-0.3, -0.25) is 9.78 Å². The minimum Gasteiger partial charge on any atom is -0.319 e. The number of hydrogen-bond acceptors (Lipinski definition) is 3. The predicted molar refractivity (Wildman–Crippen MR) is 63.2 cm³/mol. The van der Waals surface area contributed by atoms with Crippen molar-refractivity contribution in [2.45, 2.75) is 44.6 Å². The number of fused-ring (bicyclic) bond motifs is 1. The molecule has 0 aliphatic heterocycles. The van der Waals surface area contributed by atoms with Gasteiger partial charge >= 0.3 is 0 Å². The third-order valence-electron chi connectivity index (χ3n) is 3.15. The first-order chi connectivity index (χ1) is 7.50. The summed E-state index contributed by atoms with van der Waals surface area (Å²) in [5, 5.41) is 0. The molecule has 1 atom stereocenters. The Labute approximate surface area is 96.1 Å². The van der Waals surface area contributed by atoms with Crippen molar-refractivity contribution in [3.63, 3.8) is 0 Å². The van der Waals surface area contributed by atoms with E-state index in [1.807, 2.05) is 6.07 Å². The second-order valence-corrected chi connectivity index (χ2v) is 5.08. The summed E-state index contributed by atoms with van der Waals surface area (Å²) in [4.78, 5) is 16.6. The molecule has 0 saturated heterocycles. The van der Waals surface area contributed by atoms with Crippen molar-refractivity contribution in [3.05, 3.63) is 29.6 Å². The number of aryl methyl sites for hydroxylation is 1. The van der Waals surface area contributed by atoms with Gasteiger partial charge in [-0.2, -0.15) is 0 Å². The maximum Gasteiger partial charge on any atom is 0.161 e. The molecule has 1 aromatic heterocycles. The molecule has 1 heterocycles. The fourth-order valence-electron chi connectivity index (χ4n) is 2.31. The van der Waals surface area contributed by atoms with Crippen LogP contribution in [0.4, 0.5) is 0 Å². The number of Topliss-reactive ketones (excluding diaryl/α,β-unsaturated/α-hetero) is 1. The molecule has 0 bridgehead atoms. The van der Waals surface area contributed by atoms with E-state index in [4.69, 9.17) is 5.73 Å². The molecule has 3 nitrogen and oxygen atoms in total. The third kappa shape index (κ3) is 2.00. The average molecular weight is 218 g/mol. The fourth-order valence-corrected chi connectivity index (χ4v) is 2.31. The molecule has 2 rings (SSSR count). The van der Waals surface area contributed by atoms with Crippen molar-refractivity contribution < 1.29 is 4.79 Å². The van der Waals surface area contributed by atoms with Crippen molar-refractivity contribution in [2.24, 2.45) is 5.73 Å². The van der Waals surface area contributed by atoms with Crippen LogP contribution in [0.25, 0.3) is 0 Å². The average Bonchev–Trinajstić information content (AvgIpc) is 2.26. The van der Waals surface area contributed by atoms with Crippen LogP contribution in [0.5, 0.6) is 0 Å². The summed E-state index contributed by atoms with van der Waals surface area (Å²) in [6.45, 7) is 3.54. The Kier molecular flexibility index (Phi) is 2.80. The summed E-state index contributed by atoms with van der Waals surface area (Å²) in [5.41, 5.74) is 7.27. The van der Waals surface area contributed by atoms with Crippen LogP contribution >= 0.6 is 0 Å². The van der Waals surface area contributed by atoms with Gasteiger partial charge in [0.2, 0.25) is 0 Å². The first-order valence-electron chi connectivity index (χ1n) is 5.77. The predicted octanol–water partition coefficient (Wildman–Crippen LogP) is 1.81. The van der Waals surface area contributed by atoms with Crippen molar-refractivity contribution in [1.82, 2.24) is 4.98 Å². The van der Waals surface area contributed by atoms with Crippen molar-refractivity contribution in [2.75, 3.05) is 0 Å². The molecule has 0 saturated carbocycles. The topological polar surface area (TPSA) is 56.0 Å². The second-order valence-electron chi connectivity index (χ2n) is 5.08. The number of carbonyl (C=O) groups is 1. The van der Waals surface area contributed by atoms with Crippen LogP contribution in [0.1, 0.15) is 43.9 Å². The Hall–Kier alpha value is -1.22. The minimum absolute atomic E-state index is 0.104. The standard InChI is InChI=1S/C13H18N2O/c1-13(2,14)12(16)10-7-3-5-9-6-4-8-15-11(9)10/h4,6,8,10H,3,5,7,14H2,1-2H3. The number of hydrogen-bond donors (Lipinski definition) is 1. The molecule has 1 unspecified atom stereocenters. The van der Waals surface area contributed by atoms with E-state index in [-0.39, 0.29) is 11.7 Å². The number of pyridine rings is 1. The first kappa shape index (κ1) is 11.3. The molecule has 1 aliphatic carbocycles. The lowest BCUT2D eigenvalue weighted by molar-refractivity contribution is -0.125. The summed E-state index contributed by atoms with van der Waals surface area (Å²) < 4.78 is 0.